The van der Waals surface area contributed by atoms with Crippen molar-refractivity contribution in [2.75, 3.05) is 13.1 Å². The van der Waals surface area contributed by atoms with E-state index >= 15 is 0 Å². The lowest BCUT2D eigenvalue weighted by Gasteiger charge is -1.85. The predicted molar refractivity (Wildman–Crippen MR) is 30.8 cm³/mol. The molecule has 2 nitrogen and oxygen atoms in total. The summed E-state index contributed by atoms with van der Waals surface area (Å²) < 4.78 is 1.88. The van der Waals surface area contributed by atoms with Crippen LogP contribution in [0.5, 0.6) is 0 Å². The molecule has 0 rings (SSSR count). The van der Waals surface area contributed by atoms with Gasteiger partial charge in [-0.1, -0.05) is 0 Å². The molecule has 0 aliphatic rings. The molecule has 0 aliphatic carbocycles. The first-order valence-electron chi connectivity index (χ1n) is 2.40. The molecule has 0 aromatic heterocycles. The van der Waals surface area contributed by atoms with Crippen molar-refractivity contribution in [3.63, 3.8) is 0 Å². The van der Waals surface area contributed by atoms with Crippen LogP contribution in [0.15, 0.2) is 0 Å². The third-order valence-corrected chi connectivity index (χ3v) is 0.811. The Hall–Kier alpha value is -0.660. The van der Waals surface area contributed by atoms with E-state index in [0.29, 0.717) is 0 Å². The van der Waals surface area contributed by atoms with Crippen LogP contribution >= 0.6 is 0 Å². The third kappa shape index (κ3) is 3.16. The zero-order valence-electron chi connectivity index (χ0n) is 4.72. The minimum Gasteiger partial charge on any atom is -0.259 e. The molecule has 0 amide bonds. The molecule has 0 saturated heterocycles. The maximum Gasteiger partial charge on any atom is 0.217 e. The van der Waals surface area contributed by atoms with Gasteiger partial charge in [-0.05, 0) is 6.92 Å². The third-order valence-electron chi connectivity index (χ3n) is 0.811. The maximum atomic E-state index is 5.10. The summed E-state index contributed by atoms with van der Waals surface area (Å²) in [6.07, 6.45) is 1.59. The molecule has 0 aromatic rings. The molecular formula is C5H12N2+2. The molecular weight excluding hydrogens is 88.1 g/mol. The minimum absolute atomic E-state index is 0.774. The van der Waals surface area contributed by atoms with E-state index in [9.17, 15) is 0 Å². The Kier molecular flexibility index (Phi) is 3.19. The summed E-state index contributed by atoms with van der Waals surface area (Å²) in [5.41, 5.74) is 0. The van der Waals surface area contributed by atoms with Crippen LogP contribution in [0.3, 0.4) is 0 Å². The molecule has 7 heavy (non-hydrogen) atoms. The van der Waals surface area contributed by atoms with Crippen molar-refractivity contribution in [1.82, 2.24) is 0 Å². The summed E-state index contributed by atoms with van der Waals surface area (Å²) in [4.78, 5) is 0. The van der Waals surface area contributed by atoms with Gasteiger partial charge in [0.2, 0.25) is 12.8 Å². The Morgan fingerprint density at radius 2 is 2.43 bits per heavy atom. The van der Waals surface area contributed by atoms with E-state index in [4.69, 9.17) is 5.41 Å². The van der Waals surface area contributed by atoms with Gasteiger partial charge in [-0.3, -0.25) is 5.41 Å². The molecule has 0 unspecified atom stereocenters. The van der Waals surface area contributed by atoms with Gasteiger partial charge in [-0.15, -0.1) is 0 Å². The molecule has 2 N–H and O–H groups in total. The smallest absolute Gasteiger partial charge is 0.217 e. The summed E-state index contributed by atoms with van der Waals surface area (Å²) >= 11 is 0. The van der Waals surface area contributed by atoms with E-state index in [-0.39, 0.29) is 0 Å². The summed E-state index contributed by atoms with van der Waals surface area (Å²) in [6, 6.07) is 0. The fraction of sp³-hybridized carbons (Fsp3) is 0.600. The van der Waals surface area contributed by atoms with E-state index < -0.39 is 0 Å². The van der Waals surface area contributed by atoms with Crippen LogP contribution in [0.2, 0.25) is 0 Å². The highest BCUT2D eigenvalue weighted by atomic mass is 15.0. The predicted octanol–water partition coefficient (Wildman–Crippen LogP) is -1.45. The number of hydrogen-bond donors (Lipinski definition) is 1. The highest BCUT2D eigenvalue weighted by molar-refractivity contribution is 5.50. The quantitative estimate of drug-likeness (QED) is 0.332. The Balaban J connectivity index is 3.17. The molecule has 0 spiro atoms. The van der Waals surface area contributed by atoms with E-state index in [1.807, 2.05) is 11.5 Å². The van der Waals surface area contributed by atoms with E-state index in [1.54, 1.807) is 6.21 Å². The number of rotatable bonds is 3. The first kappa shape index (κ1) is 6.34. The minimum atomic E-state index is 0.774. The van der Waals surface area contributed by atoms with Crippen molar-refractivity contribution in [2.45, 2.75) is 6.92 Å². The van der Waals surface area contributed by atoms with Gasteiger partial charge in [0.05, 0.1) is 0 Å². The van der Waals surface area contributed by atoms with Crippen LogP contribution in [-0.4, -0.2) is 30.6 Å². The lowest BCUT2D eigenvalue weighted by Crippen LogP contribution is -2.34. The van der Waals surface area contributed by atoms with Gasteiger partial charge in [0.1, 0.15) is 13.3 Å². The second-order valence-electron chi connectivity index (χ2n) is 1.41. The largest absolute Gasteiger partial charge is 0.259 e. The maximum absolute atomic E-state index is 5.10. The second-order valence-corrected chi connectivity index (χ2v) is 1.41. The molecule has 0 bridgehead atoms. The molecule has 0 atom stereocenters. The Labute approximate surface area is 44.0 Å². The van der Waals surface area contributed by atoms with Gasteiger partial charge in [0.25, 0.3) is 0 Å². The van der Waals surface area contributed by atoms with Gasteiger partial charge < -0.3 is 0 Å². The Morgan fingerprint density at radius 1 is 1.86 bits per heavy atom. The van der Waals surface area contributed by atoms with Gasteiger partial charge in [0.15, 0.2) is 0 Å². The topological polar surface area (TPSA) is 28.6 Å². The van der Waals surface area contributed by atoms with E-state index in [0.717, 1.165) is 13.1 Å². The zero-order valence-corrected chi connectivity index (χ0v) is 4.72. The first-order valence-corrected chi connectivity index (χ1v) is 2.40. The average molecular weight is 100 g/mol. The van der Waals surface area contributed by atoms with Crippen LogP contribution < -0.4 is 5.41 Å². The van der Waals surface area contributed by atoms with Gasteiger partial charge in [-0.2, -0.15) is 0 Å². The standard InChI is InChI=1S/C5H11N2/c1-3-7(2)5-4-6/h4,6H,2-3,5H2,1H3/q+1/p+1. The second kappa shape index (κ2) is 3.53. The fourth-order valence-electron chi connectivity index (χ4n) is 0.278. The van der Waals surface area contributed by atoms with Crippen LogP contribution in [0.25, 0.3) is 0 Å². The highest BCUT2D eigenvalue weighted by Crippen LogP contribution is 1.61. The zero-order chi connectivity index (χ0) is 5.70. The lowest BCUT2D eigenvalue weighted by molar-refractivity contribution is -0.502. The van der Waals surface area contributed by atoms with Crippen LogP contribution in [0.1, 0.15) is 6.92 Å². The molecule has 0 heterocycles. The fourth-order valence-corrected chi connectivity index (χ4v) is 0.278. The van der Waals surface area contributed by atoms with Gasteiger partial charge in [-0.25, -0.2) is 4.58 Å². The van der Waals surface area contributed by atoms with Crippen molar-refractivity contribution in [2.24, 2.45) is 0 Å². The molecule has 40 valence electrons. The number of hydrogen-bond acceptors (Lipinski definition) is 0. The van der Waals surface area contributed by atoms with Gasteiger partial charge in [0, 0.05) is 0 Å². The Bertz CT molecular complexity index is 76.1. The summed E-state index contributed by atoms with van der Waals surface area (Å²) in [6.45, 7) is 7.43. The molecule has 2 heteroatoms. The summed E-state index contributed by atoms with van der Waals surface area (Å²) in [5.74, 6) is 0. The molecule has 0 aliphatic heterocycles. The van der Waals surface area contributed by atoms with Crippen molar-refractivity contribution >= 4 is 12.9 Å². The van der Waals surface area contributed by atoms with E-state index in [2.05, 4.69) is 6.72 Å². The SMILES string of the molecule is C=[N+](CC)CC=[NH2+]. The molecule has 0 saturated carbocycles. The number of nitrogens with zero attached hydrogens (tertiary/aromatic N) is 1. The van der Waals surface area contributed by atoms with Crippen molar-refractivity contribution in [3.8, 4) is 0 Å². The molecule has 0 radical (unpaired) electrons. The normalized spacial score (nSPS) is 8.14. The van der Waals surface area contributed by atoms with Crippen LogP contribution in [0, 0.1) is 0 Å². The van der Waals surface area contributed by atoms with Crippen LogP contribution in [0.4, 0.5) is 0 Å². The molecule has 0 aromatic carbocycles. The Morgan fingerprint density at radius 3 is 2.57 bits per heavy atom. The lowest BCUT2D eigenvalue weighted by atomic mass is 10.6. The van der Waals surface area contributed by atoms with Crippen LogP contribution in [-0.2, 0) is 0 Å². The van der Waals surface area contributed by atoms with Gasteiger partial charge >= 0.3 is 0 Å². The summed E-state index contributed by atoms with van der Waals surface area (Å²) in [7, 11) is 0. The van der Waals surface area contributed by atoms with Crippen molar-refractivity contribution in [3.05, 3.63) is 0 Å². The van der Waals surface area contributed by atoms with Crippen molar-refractivity contribution < 1.29 is 9.98 Å². The summed E-state index contributed by atoms with van der Waals surface area (Å²) in [5, 5.41) is 5.10. The molecule has 0 fully saturated rings. The average Bonchev–Trinajstić information content (AvgIpc) is 1.68. The number of nitrogens with two attached hydrogens (primary N) is 1. The highest BCUT2D eigenvalue weighted by Gasteiger charge is 1.89. The van der Waals surface area contributed by atoms with Crippen molar-refractivity contribution in [1.29, 1.82) is 0 Å². The van der Waals surface area contributed by atoms with E-state index in [1.165, 1.54) is 0 Å². The monoisotopic (exact) mass is 100 g/mol. The first-order chi connectivity index (χ1) is 3.31.